The summed E-state index contributed by atoms with van der Waals surface area (Å²) in [6.45, 7) is 4.43. The van der Waals surface area contributed by atoms with Gasteiger partial charge in [0.2, 0.25) is 0 Å². The summed E-state index contributed by atoms with van der Waals surface area (Å²) < 4.78 is 6.42. The van der Waals surface area contributed by atoms with Crippen LogP contribution in [0.3, 0.4) is 0 Å². The first kappa shape index (κ1) is 18.2. The van der Waals surface area contributed by atoms with E-state index in [2.05, 4.69) is 9.97 Å². The number of ether oxygens (including phenoxy) is 1. The number of rotatable bonds is 5. The van der Waals surface area contributed by atoms with Crippen LogP contribution in [-0.2, 0) is 22.7 Å². The Kier molecular flexibility index (Phi) is 4.88. The maximum atomic E-state index is 12.3. The van der Waals surface area contributed by atoms with Gasteiger partial charge in [-0.3, -0.25) is 23.7 Å². The second-order valence-corrected chi connectivity index (χ2v) is 7.51. The van der Waals surface area contributed by atoms with Crippen molar-refractivity contribution >= 4 is 44.6 Å². The topological polar surface area (TPSA) is 111 Å². The number of hydrogen-bond acceptors (Lipinski definition) is 8. The molecule has 0 aliphatic heterocycles. The molecule has 0 spiro atoms. The van der Waals surface area contributed by atoms with E-state index in [1.165, 1.54) is 11.5 Å². The fraction of sp³-hybridized carbons (Fsp3) is 0.312. The van der Waals surface area contributed by atoms with Gasteiger partial charge in [0, 0.05) is 11.1 Å². The van der Waals surface area contributed by atoms with Gasteiger partial charge in [0.1, 0.15) is 23.8 Å². The number of thiazole rings is 1. The standard InChI is InChI=1S/C16H15N3O5S2/c1-7-6-25-16(23)19(7)4-11(21)24-5-10-17-14(22)12-8(2)13(9(3)20)26-15(12)18-10/h6H,4-5H2,1-3H3,(H,17,18,22). The monoisotopic (exact) mass is 393 g/mol. The van der Waals surface area contributed by atoms with Crippen molar-refractivity contribution in [3.05, 3.63) is 47.4 Å². The minimum atomic E-state index is -0.608. The van der Waals surface area contributed by atoms with E-state index in [1.54, 1.807) is 19.2 Å². The van der Waals surface area contributed by atoms with Gasteiger partial charge in [0.05, 0.1) is 10.3 Å². The number of nitrogens with one attached hydrogen (secondary N) is 1. The molecule has 3 heterocycles. The van der Waals surface area contributed by atoms with Crippen LogP contribution in [0, 0.1) is 13.8 Å². The SMILES string of the molecule is CC(=O)c1sc2nc(COC(=O)Cn3c(C)csc3=O)[nH]c(=O)c2c1C. The predicted octanol–water partition coefficient (Wildman–Crippen LogP) is 1.77. The van der Waals surface area contributed by atoms with E-state index in [-0.39, 0.29) is 35.2 Å². The van der Waals surface area contributed by atoms with Crippen LogP contribution in [0.2, 0.25) is 0 Å². The third kappa shape index (κ3) is 3.37. The van der Waals surface area contributed by atoms with Crippen LogP contribution in [0.1, 0.15) is 33.7 Å². The van der Waals surface area contributed by atoms with Crippen molar-refractivity contribution in [2.24, 2.45) is 0 Å². The van der Waals surface area contributed by atoms with Gasteiger partial charge in [-0.05, 0) is 26.3 Å². The Hall–Kier alpha value is -2.59. The zero-order valence-corrected chi connectivity index (χ0v) is 15.9. The first-order valence-electron chi connectivity index (χ1n) is 7.61. The molecule has 0 saturated carbocycles. The lowest BCUT2D eigenvalue weighted by molar-refractivity contribution is -0.146. The molecule has 0 amide bonds. The summed E-state index contributed by atoms with van der Waals surface area (Å²) in [4.78, 5) is 55.0. The van der Waals surface area contributed by atoms with Crippen molar-refractivity contribution in [1.82, 2.24) is 14.5 Å². The third-order valence-electron chi connectivity index (χ3n) is 3.80. The lowest BCUT2D eigenvalue weighted by Gasteiger charge is -2.06. The van der Waals surface area contributed by atoms with E-state index < -0.39 is 5.97 Å². The zero-order valence-electron chi connectivity index (χ0n) is 14.2. The van der Waals surface area contributed by atoms with Crippen LogP contribution in [0.4, 0.5) is 0 Å². The lowest BCUT2D eigenvalue weighted by Crippen LogP contribution is -2.22. The van der Waals surface area contributed by atoms with Gasteiger partial charge in [-0.25, -0.2) is 4.98 Å². The van der Waals surface area contributed by atoms with E-state index in [4.69, 9.17) is 4.74 Å². The van der Waals surface area contributed by atoms with E-state index in [0.717, 1.165) is 22.7 Å². The number of fused-ring (bicyclic) bond motifs is 1. The fourth-order valence-electron chi connectivity index (χ4n) is 2.51. The molecule has 26 heavy (non-hydrogen) atoms. The Labute approximate surface area is 155 Å². The summed E-state index contributed by atoms with van der Waals surface area (Å²) >= 11 is 2.15. The van der Waals surface area contributed by atoms with E-state index in [0.29, 0.717) is 26.4 Å². The average molecular weight is 393 g/mol. The smallest absolute Gasteiger partial charge is 0.326 e. The number of aromatic amines is 1. The molecule has 10 heteroatoms. The van der Waals surface area contributed by atoms with Gasteiger partial charge in [0.25, 0.3) is 5.56 Å². The summed E-state index contributed by atoms with van der Waals surface area (Å²) in [7, 11) is 0. The Bertz CT molecular complexity index is 1140. The van der Waals surface area contributed by atoms with Crippen molar-refractivity contribution in [1.29, 1.82) is 0 Å². The van der Waals surface area contributed by atoms with E-state index >= 15 is 0 Å². The Balaban J connectivity index is 1.79. The van der Waals surface area contributed by atoms with Gasteiger partial charge >= 0.3 is 10.8 Å². The van der Waals surface area contributed by atoms with Crippen LogP contribution >= 0.6 is 22.7 Å². The molecule has 136 valence electrons. The molecule has 0 aromatic carbocycles. The highest BCUT2D eigenvalue weighted by Crippen LogP contribution is 2.27. The van der Waals surface area contributed by atoms with Crippen LogP contribution in [0.25, 0.3) is 10.2 Å². The summed E-state index contributed by atoms with van der Waals surface area (Å²) in [6, 6.07) is 0. The number of aryl methyl sites for hydroxylation is 2. The number of esters is 1. The molecular weight excluding hydrogens is 378 g/mol. The van der Waals surface area contributed by atoms with E-state index in [9.17, 15) is 19.2 Å². The van der Waals surface area contributed by atoms with Crippen molar-refractivity contribution in [3.8, 4) is 0 Å². The molecule has 0 aliphatic carbocycles. The molecule has 3 aromatic heterocycles. The van der Waals surface area contributed by atoms with Crippen molar-refractivity contribution in [3.63, 3.8) is 0 Å². The molecule has 0 saturated heterocycles. The average Bonchev–Trinajstić information content (AvgIpc) is 3.07. The Morgan fingerprint density at radius 1 is 1.31 bits per heavy atom. The van der Waals surface area contributed by atoms with Crippen LogP contribution in [-0.4, -0.2) is 26.3 Å². The minimum absolute atomic E-state index is 0.130. The molecule has 8 nitrogen and oxygen atoms in total. The highest BCUT2D eigenvalue weighted by atomic mass is 32.1. The van der Waals surface area contributed by atoms with Gasteiger partial charge in [-0.15, -0.1) is 11.3 Å². The lowest BCUT2D eigenvalue weighted by atomic mass is 10.2. The second kappa shape index (κ2) is 6.96. The summed E-state index contributed by atoms with van der Waals surface area (Å²) in [6.07, 6.45) is 0. The first-order chi connectivity index (χ1) is 12.3. The normalized spacial score (nSPS) is 11.0. The maximum absolute atomic E-state index is 12.3. The van der Waals surface area contributed by atoms with Crippen LogP contribution in [0.15, 0.2) is 15.0 Å². The van der Waals surface area contributed by atoms with E-state index in [1.807, 2.05) is 0 Å². The number of thiophene rings is 1. The predicted molar refractivity (Wildman–Crippen MR) is 98.1 cm³/mol. The Morgan fingerprint density at radius 2 is 2.04 bits per heavy atom. The van der Waals surface area contributed by atoms with Crippen molar-refractivity contribution < 1.29 is 14.3 Å². The zero-order chi connectivity index (χ0) is 19.0. The van der Waals surface area contributed by atoms with Crippen LogP contribution in [0.5, 0.6) is 0 Å². The maximum Gasteiger partial charge on any atom is 0.326 e. The number of hydrogen-bond donors (Lipinski definition) is 1. The summed E-state index contributed by atoms with van der Waals surface area (Å²) in [5, 5.41) is 2.03. The number of aromatic nitrogens is 3. The number of H-pyrrole nitrogens is 1. The highest BCUT2D eigenvalue weighted by molar-refractivity contribution is 7.20. The van der Waals surface area contributed by atoms with Crippen molar-refractivity contribution in [2.75, 3.05) is 0 Å². The third-order valence-corrected chi connectivity index (χ3v) is 5.97. The molecule has 1 N–H and O–H groups in total. The molecule has 3 rings (SSSR count). The summed E-state index contributed by atoms with van der Waals surface area (Å²) in [5.41, 5.74) is 0.894. The van der Waals surface area contributed by atoms with Gasteiger partial charge in [-0.2, -0.15) is 0 Å². The molecule has 0 unspecified atom stereocenters. The first-order valence-corrected chi connectivity index (χ1v) is 9.31. The minimum Gasteiger partial charge on any atom is -0.456 e. The summed E-state index contributed by atoms with van der Waals surface area (Å²) in [5.74, 6) is -0.556. The molecule has 0 bridgehead atoms. The number of ketones is 1. The van der Waals surface area contributed by atoms with Gasteiger partial charge < -0.3 is 9.72 Å². The number of Topliss-reactive ketones (excluding diaryl/α,β-unsaturated/α-hetero) is 1. The number of carbonyl (C=O) groups is 2. The molecule has 3 aromatic rings. The fourth-order valence-corrected chi connectivity index (χ4v) is 4.34. The largest absolute Gasteiger partial charge is 0.456 e. The molecule has 0 radical (unpaired) electrons. The quantitative estimate of drug-likeness (QED) is 0.522. The number of nitrogens with zero attached hydrogens (tertiary/aromatic N) is 2. The van der Waals surface area contributed by atoms with Gasteiger partial charge in [-0.1, -0.05) is 11.3 Å². The van der Waals surface area contributed by atoms with Crippen LogP contribution < -0.4 is 10.4 Å². The molecule has 0 aliphatic rings. The van der Waals surface area contributed by atoms with Gasteiger partial charge in [0.15, 0.2) is 5.78 Å². The Morgan fingerprint density at radius 3 is 2.65 bits per heavy atom. The molecule has 0 fully saturated rings. The number of carbonyl (C=O) groups excluding carboxylic acids is 2. The molecule has 0 atom stereocenters. The van der Waals surface area contributed by atoms with Crippen molar-refractivity contribution in [2.45, 2.75) is 33.9 Å². The highest BCUT2D eigenvalue weighted by Gasteiger charge is 2.17. The second-order valence-electron chi connectivity index (χ2n) is 5.69. The molecular formula is C16H15N3O5S2.